The van der Waals surface area contributed by atoms with Crippen LogP contribution in [0.1, 0.15) is 26.3 Å². The number of amides is 3. The number of halogens is 1. The Morgan fingerprint density at radius 2 is 1.62 bits per heavy atom. The third kappa shape index (κ3) is 5.40. The molecule has 0 saturated carbocycles. The molecule has 1 aromatic carbocycles. The van der Waals surface area contributed by atoms with E-state index >= 15 is 0 Å². The van der Waals surface area contributed by atoms with Crippen LogP contribution in [0.5, 0.6) is 0 Å². The lowest BCUT2D eigenvalue weighted by atomic mass is 10.2. The average molecular weight is 337 g/mol. The Morgan fingerprint density at radius 3 is 2.17 bits per heavy atom. The average Bonchev–Trinajstić information content (AvgIpc) is 2.52. The zero-order valence-corrected chi connectivity index (χ0v) is 14.3. The Kier molecular flexibility index (Phi) is 5.64. The fraction of sp³-hybridized carbons (Fsp3) is 0.529. The van der Waals surface area contributed by atoms with E-state index in [1.807, 2.05) is 20.8 Å². The van der Waals surface area contributed by atoms with Crippen LogP contribution in [0.2, 0.25) is 0 Å². The minimum absolute atomic E-state index is 0.192. The first-order valence-electron chi connectivity index (χ1n) is 8.00. The van der Waals surface area contributed by atoms with Gasteiger partial charge in [0, 0.05) is 32.7 Å². The van der Waals surface area contributed by atoms with E-state index in [0.717, 1.165) is 5.56 Å². The van der Waals surface area contributed by atoms with Gasteiger partial charge in [0.15, 0.2) is 0 Å². The maximum Gasteiger partial charge on any atom is 0.410 e. The van der Waals surface area contributed by atoms with Crippen molar-refractivity contribution in [1.82, 2.24) is 15.1 Å². The van der Waals surface area contributed by atoms with Crippen molar-refractivity contribution in [3.05, 3.63) is 35.6 Å². The Morgan fingerprint density at radius 1 is 1.08 bits per heavy atom. The number of hydrogen-bond donors (Lipinski definition) is 1. The number of rotatable bonds is 2. The summed E-state index contributed by atoms with van der Waals surface area (Å²) < 4.78 is 18.2. The van der Waals surface area contributed by atoms with Gasteiger partial charge in [-0.25, -0.2) is 14.0 Å². The van der Waals surface area contributed by atoms with Crippen LogP contribution in [0.3, 0.4) is 0 Å². The van der Waals surface area contributed by atoms with Crippen LogP contribution in [0.25, 0.3) is 0 Å². The summed E-state index contributed by atoms with van der Waals surface area (Å²) in [5, 5.41) is 2.80. The molecular formula is C17H24FN3O3. The van der Waals surface area contributed by atoms with Crippen LogP contribution in [0.4, 0.5) is 14.0 Å². The van der Waals surface area contributed by atoms with E-state index < -0.39 is 5.60 Å². The first-order chi connectivity index (χ1) is 11.2. The monoisotopic (exact) mass is 337 g/mol. The molecule has 0 bridgehead atoms. The van der Waals surface area contributed by atoms with Crippen LogP contribution in [0, 0.1) is 5.82 Å². The van der Waals surface area contributed by atoms with Gasteiger partial charge < -0.3 is 19.9 Å². The van der Waals surface area contributed by atoms with Crippen molar-refractivity contribution in [2.45, 2.75) is 32.9 Å². The summed E-state index contributed by atoms with van der Waals surface area (Å²) in [6.45, 7) is 7.60. The van der Waals surface area contributed by atoms with Crippen molar-refractivity contribution in [1.29, 1.82) is 0 Å². The summed E-state index contributed by atoms with van der Waals surface area (Å²) in [5.74, 6) is -0.302. The van der Waals surface area contributed by atoms with Crippen molar-refractivity contribution in [3.8, 4) is 0 Å². The highest BCUT2D eigenvalue weighted by molar-refractivity contribution is 5.75. The Labute approximate surface area is 141 Å². The molecule has 24 heavy (non-hydrogen) atoms. The van der Waals surface area contributed by atoms with Crippen molar-refractivity contribution in [2.24, 2.45) is 0 Å². The molecule has 0 atom stereocenters. The maximum atomic E-state index is 12.8. The van der Waals surface area contributed by atoms with Crippen molar-refractivity contribution < 1.29 is 18.7 Å². The summed E-state index contributed by atoms with van der Waals surface area (Å²) in [5.41, 5.74) is 0.304. The number of nitrogens with one attached hydrogen (secondary N) is 1. The number of carbonyl (C=O) groups excluding carboxylic acids is 2. The first-order valence-corrected chi connectivity index (χ1v) is 8.00. The third-order valence-corrected chi connectivity index (χ3v) is 3.58. The quantitative estimate of drug-likeness (QED) is 0.902. The van der Waals surface area contributed by atoms with Gasteiger partial charge in [0.05, 0.1) is 0 Å². The van der Waals surface area contributed by atoms with Gasteiger partial charge >= 0.3 is 12.1 Å². The van der Waals surface area contributed by atoms with Gasteiger partial charge in [0.2, 0.25) is 0 Å². The van der Waals surface area contributed by atoms with E-state index in [-0.39, 0.29) is 17.9 Å². The SMILES string of the molecule is CC(C)(C)OC(=O)N1CCN(C(=O)NCc2ccc(F)cc2)CC1. The molecule has 3 amide bonds. The molecule has 1 saturated heterocycles. The fourth-order valence-corrected chi connectivity index (χ4v) is 2.31. The van der Waals surface area contributed by atoms with E-state index in [0.29, 0.717) is 32.7 Å². The smallest absolute Gasteiger partial charge is 0.410 e. The van der Waals surface area contributed by atoms with E-state index in [9.17, 15) is 14.0 Å². The van der Waals surface area contributed by atoms with Crippen molar-refractivity contribution in [3.63, 3.8) is 0 Å². The normalized spacial score (nSPS) is 15.2. The number of carbonyl (C=O) groups is 2. The number of hydrogen-bond acceptors (Lipinski definition) is 3. The first kappa shape index (κ1) is 18.0. The summed E-state index contributed by atoms with van der Waals surface area (Å²) in [6, 6.07) is 5.80. The van der Waals surface area contributed by atoms with Gasteiger partial charge in [-0.05, 0) is 38.5 Å². The Hall–Kier alpha value is -2.31. The van der Waals surface area contributed by atoms with Gasteiger partial charge in [0.25, 0.3) is 0 Å². The number of urea groups is 1. The molecule has 2 rings (SSSR count). The third-order valence-electron chi connectivity index (χ3n) is 3.58. The van der Waals surface area contributed by atoms with E-state index in [2.05, 4.69) is 5.32 Å². The van der Waals surface area contributed by atoms with Crippen molar-refractivity contribution >= 4 is 12.1 Å². The molecule has 0 radical (unpaired) electrons. The molecule has 0 unspecified atom stereocenters. The zero-order valence-electron chi connectivity index (χ0n) is 14.3. The van der Waals surface area contributed by atoms with Crippen LogP contribution >= 0.6 is 0 Å². The predicted molar refractivity (Wildman–Crippen MR) is 88.0 cm³/mol. The van der Waals surface area contributed by atoms with Crippen molar-refractivity contribution in [2.75, 3.05) is 26.2 Å². The molecule has 1 N–H and O–H groups in total. The molecule has 1 aromatic rings. The van der Waals surface area contributed by atoms with Crippen LogP contribution in [-0.4, -0.2) is 53.7 Å². The lowest BCUT2D eigenvalue weighted by molar-refractivity contribution is 0.0170. The second-order valence-corrected chi connectivity index (χ2v) is 6.74. The lowest BCUT2D eigenvalue weighted by Crippen LogP contribution is -2.53. The minimum atomic E-state index is -0.527. The molecule has 1 fully saturated rings. The minimum Gasteiger partial charge on any atom is -0.444 e. The van der Waals surface area contributed by atoms with E-state index in [1.165, 1.54) is 12.1 Å². The zero-order chi connectivity index (χ0) is 17.7. The molecule has 0 aliphatic carbocycles. The largest absolute Gasteiger partial charge is 0.444 e. The summed E-state index contributed by atoms with van der Waals surface area (Å²) >= 11 is 0. The maximum absolute atomic E-state index is 12.8. The predicted octanol–water partition coefficient (Wildman–Crippen LogP) is 2.59. The van der Waals surface area contributed by atoms with E-state index in [1.54, 1.807) is 21.9 Å². The second kappa shape index (κ2) is 7.51. The molecule has 0 spiro atoms. The summed E-state index contributed by atoms with van der Waals surface area (Å²) in [6.07, 6.45) is -0.353. The van der Waals surface area contributed by atoms with Crippen LogP contribution in [0.15, 0.2) is 24.3 Å². The molecule has 1 aliphatic rings. The standard InChI is InChI=1S/C17H24FN3O3/c1-17(2,3)24-16(23)21-10-8-20(9-11-21)15(22)19-12-13-4-6-14(18)7-5-13/h4-7H,8-12H2,1-3H3,(H,19,22). The van der Waals surface area contributed by atoms with Crippen LogP contribution < -0.4 is 5.32 Å². The van der Waals surface area contributed by atoms with Gasteiger partial charge in [0.1, 0.15) is 11.4 Å². The van der Waals surface area contributed by atoms with Gasteiger partial charge in [-0.1, -0.05) is 12.1 Å². The highest BCUT2D eigenvalue weighted by Gasteiger charge is 2.27. The van der Waals surface area contributed by atoms with Gasteiger partial charge in [-0.3, -0.25) is 0 Å². The summed E-state index contributed by atoms with van der Waals surface area (Å²) in [4.78, 5) is 27.4. The van der Waals surface area contributed by atoms with Gasteiger partial charge in [-0.15, -0.1) is 0 Å². The highest BCUT2D eigenvalue weighted by atomic mass is 19.1. The Balaban J connectivity index is 1.76. The highest BCUT2D eigenvalue weighted by Crippen LogP contribution is 2.12. The lowest BCUT2D eigenvalue weighted by Gasteiger charge is -2.35. The van der Waals surface area contributed by atoms with E-state index in [4.69, 9.17) is 4.74 Å². The van der Waals surface area contributed by atoms with Crippen LogP contribution in [-0.2, 0) is 11.3 Å². The molecule has 6 nitrogen and oxygen atoms in total. The molecule has 1 aliphatic heterocycles. The molecule has 7 heteroatoms. The molecule has 0 aromatic heterocycles. The number of piperazine rings is 1. The number of nitrogens with zero attached hydrogens (tertiary/aromatic N) is 2. The Bertz CT molecular complexity index is 576. The molecule has 1 heterocycles. The fourth-order valence-electron chi connectivity index (χ4n) is 2.31. The van der Waals surface area contributed by atoms with Gasteiger partial charge in [-0.2, -0.15) is 0 Å². The number of benzene rings is 1. The topological polar surface area (TPSA) is 61.9 Å². The molecular weight excluding hydrogens is 313 g/mol. The second-order valence-electron chi connectivity index (χ2n) is 6.74. The number of ether oxygens (including phenoxy) is 1. The summed E-state index contributed by atoms with van der Waals surface area (Å²) in [7, 11) is 0. The molecule has 132 valence electrons.